The van der Waals surface area contributed by atoms with Crippen molar-refractivity contribution in [3.8, 4) is 11.5 Å². The second-order valence-corrected chi connectivity index (χ2v) is 6.95. The van der Waals surface area contributed by atoms with E-state index in [0.717, 1.165) is 12.8 Å². The highest BCUT2D eigenvalue weighted by atomic mass is 16.6. The average molecular weight is 351 g/mol. The maximum absolute atomic E-state index is 12.3. The zero-order valence-corrected chi connectivity index (χ0v) is 15.1. The molecule has 1 aliphatic rings. The number of ether oxygens (including phenoxy) is 3. The fraction of sp³-hybridized carbons (Fsp3) is 0.556. The number of rotatable bonds is 5. The molecule has 0 spiro atoms. The van der Waals surface area contributed by atoms with E-state index in [1.165, 1.54) is 19.2 Å². The quantitative estimate of drug-likeness (QED) is 0.877. The molecule has 1 aliphatic heterocycles. The van der Waals surface area contributed by atoms with Gasteiger partial charge in [-0.25, -0.2) is 9.59 Å². The Morgan fingerprint density at radius 1 is 1.28 bits per heavy atom. The second-order valence-electron chi connectivity index (χ2n) is 6.95. The lowest BCUT2D eigenvalue weighted by Crippen LogP contribution is -2.42. The maximum atomic E-state index is 12.3. The summed E-state index contributed by atoms with van der Waals surface area (Å²) in [5.74, 6) is -0.234. The summed E-state index contributed by atoms with van der Waals surface area (Å²) in [6, 6.07) is 4.35. The Hall–Kier alpha value is -2.44. The molecule has 0 bridgehead atoms. The van der Waals surface area contributed by atoms with Crippen molar-refractivity contribution >= 4 is 12.1 Å². The average Bonchev–Trinajstić information content (AvgIpc) is 2.99. The number of hydrogen-bond donors (Lipinski definition) is 1. The van der Waals surface area contributed by atoms with Crippen molar-refractivity contribution in [3.63, 3.8) is 0 Å². The van der Waals surface area contributed by atoms with Crippen LogP contribution in [0, 0.1) is 0 Å². The van der Waals surface area contributed by atoms with Crippen LogP contribution in [0.4, 0.5) is 4.79 Å². The van der Waals surface area contributed by atoms with Crippen LogP contribution in [0.25, 0.3) is 0 Å². The number of hydrogen-bond acceptors (Lipinski definition) is 5. The Balaban J connectivity index is 2.02. The minimum Gasteiger partial charge on any atom is -0.493 e. The summed E-state index contributed by atoms with van der Waals surface area (Å²) < 4.78 is 16.4. The van der Waals surface area contributed by atoms with E-state index in [-0.39, 0.29) is 17.7 Å². The summed E-state index contributed by atoms with van der Waals surface area (Å²) in [5.41, 5.74) is -0.415. The first-order valence-electron chi connectivity index (χ1n) is 8.25. The van der Waals surface area contributed by atoms with Crippen molar-refractivity contribution in [2.45, 2.75) is 45.3 Å². The number of carbonyl (C=O) groups excluding carboxylic acids is 1. The molecule has 1 unspecified atom stereocenters. The molecule has 7 nitrogen and oxygen atoms in total. The fourth-order valence-electron chi connectivity index (χ4n) is 2.68. The van der Waals surface area contributed by atoms with Crippen molar-refractivity contribution in [1.82, 2.24) is 4.90 Å². The van der Waals surface area contributed by atoms with Crippen LogP contribution in [0.2, 0.25) is 0 Å². The highest BCUT2D eigenvalue weighted by molar-refractivity contribution is 5.88. The molecule has 1 heterocycles. The van der Waals surface area contributed by atoms with Crippen LogP contribution in [0.15, 0.2) is 18.2 Å². The summed E-state index contributed by atoms with van der Waals surface area (Å²) in [6.45, 7) is 6.43. The summed E-state index contributed by atoms with van der Waals surface area (Å²) in [5, 5.41) is 9.03. The Bertz CT molecular complexity index is 637. The van der Waals surface area contributed by atoms with Gasteiger partial charge in [-0.05, 0) is 51.8 Å². The fourth-order valence-corrected chi connectivity index (χ4v) is 2.68. The molecule has 1 atom stereocenters. The first-order valence-corrected chi connectivity index (χ1v) is 8.25. The van der Waals surface area contributed by atoms with Gasteiger partial charge in [-0.15, -0.1) is 0 Å². The van der Waals surface area contributed by atoms with Gasteiger partial charge in [0.25, 0.3) is 0 Å². The van der Waals surface area contributed by atoms with E-state index < -0.39 is 11.6 Å². The van der Waals surface area contributed by atoms with Gasteiger partial charge < -0.3 is 24.2 Å². The molecule has 1 aromatic rings. The van der Waals surface area contributed by atoms with Gasteiger partial charge in [-0.3, -0.25) is 0 Å². The van der Waals surface area contributed by atoms with Crippen LogP contribution in [-0.4, -0.2) is 54.0 Å². The van der Waals surface area contributed by atoms with Crippen LogP contribution in [0.1, 0.15) is 44.0 Å². The molecule has 1 N–H and O–H groups in total. The van der Waals surface area contributed by atoms with E-state index in [2.05, 4.69) is 0 Å². The monoisotopic (exact) mass is 351 g/mol. The predicted octanol–water partition coefficient (Wildman–Crippen LogP) is 3.17. The van der Waals surface area contributed by atoms with E-state index >= 15 is 0 Å². The minimum absolute atomic E-state index is 0.0845. The first-order chi connectivity index (χ1) is 11.7. The third-order valence-corrected chi connectivity index (χ3v) is 3.85. The molecule has 25 heavy (non-hydrogen) atoms. The highest BCUT2D eigenvalue weighted by Gasteiger charge is 2.32. The van der Waals surface area contributed by atoms with Crippen LogP contribution in [0.3, 0.4) is 0 Å². The molecule has 1 fully saturated rings. The zero-order valence-electron chi connectivity index (χ0n) is 15.1. The number of carboxylic acid groups (broad SMARTS) is 1. The van der Waals surface area contributed by atoms with E-state index in [1.807, 2.05) is 20.8 Å². The van der Waals surface area contributed by atoms with Gasteiger partial charge in [-0.2, -0.15) is 0 Å². The minimum atomic E-state index is -1.03. The van der Waals surface area contributed by atoms with Gasteiger partial charge in [0.2, 0.25) is 0 Å². The van der Waals surface area contributed by atoms with Crippen LogP contribution in [-0.2, 0) is 4.74 Å². The molecule has 0 saturated carbocycles. The number of amides is 1. The third kappa shape index (κ3) is 5.01. The zero-order chi connectivity index (χ0) is 18.6. The predicted molar refractivity (Wildman–Crippen MR) is 91.4 cm³/mol. The Labute approximate surface area is 147 Å². The molecule has 1 saturated heterocycles. The summed E-state index contributed by atoms with van der Waals surface area (Å²) >= 11 is 0. The largest absolute Gasteiger partial charge is 0.493 e. The standard InChI is InChI=1S/C18H25NO6/c1-18(2,3)25-17(22)19-9-5-6-13(19)11-24-14-8-7-12(16(20)21)10-15(14)23-4/h7-8,10,13H,5-6,9,11H2,1-4H3,(H,20,21). The molecule has 1 aromatic carbocycles. The van der Waals surface area contributed by atoms with Crippen LogP contribution < -0.4 is 9.47 Å². The number of likely N-dealkylation sites (tertiary alicyclic amines) is 1. The van der Waals surface area contributed by atoms with Crippen molar-refractivity contribution in [3.05, 3.63) is 23.8 Å². The van der Waals surface area contributed by atoms with Crippen molar-refractivity contribution < 1.29 is 28.9 Å². The van der Waals surface area contributed by atoms with Crippen molar-refractivity contribution in [2.75, 3.05) is 20.3 Å². The number of nitrogens with zero attached hydrogens (tertiary/aromatic N) is 1. The lowest BCUT2D eigenvalue weighted by Gasteiger charge is -2.28. The molecular weight excluding hydrogens is 326 g/mol. The summed E-state index contributed by atoms with van der Waals surface area (Å²) in [6.07, 6.45) is 1.38. The maximum Gasteiger partial charge on any atom is 0.410 e. The number of methoxy groups -OCH3 is 1. The number of carboxylic acids is 1. The van der Waals surface area contributed by atoms with Gasteiger partial charge >= 0.3 is 12.1 Å². The van der Waals surface area contributed by atoms with E-state index in [4.69, 9.17) is 19.3 Å². The molecule has 0 radical (unpaired) electrons. The van der Waals surface area contributed by atoms with Crippen molar-refractivity contribution in [2.24, 2.45) is 0 Å². The highest BCUT2D eigenvalue weighted by Crippen LogP contribution is 2.29. The van der Waals surface area contributed by atoms with Crippen LogP contribution >= 0.6 is 0 Å². The molecule has 7 heteroatoms. The van der Waals surface area contributed by atoms with Crippen LogP contribution in [0.5, 0.6) is 11.5 Å². The lowest BCUT2D eigenvalue weighted by atomic mass is 10.2. The molecular formula is C18H25NO6. The van der Waals surface area contributed by atoms with Gasteiger partial charge in [-0.1, -0.05) is 0 Å². The Kier molecular flexibility index (Phi) is 5.77. The SMILES string of the molecule is COc1cc(C(=O)O)ccc1OCC1CCCN1C(=O)OC(C)(C)C. The Morgan fingerprint density at radius 2 is 2.00 bits per heavy atom. The smallest absolute Gasteiger partial charge is 0.410 e. The van der Waals surface area contributed by atoms with Gasteiger partial charge in [0, 0.05) is 6.54 Å². The lowest BCUT2D eigenvalue weighted by molar-refractivity contribution is 0.0186. The molecule has 138 valence electrons. The van der Waals surface area contributed by atoms with Gasteiger partial charge in [0.1, 0.15) is 12.2 Å². The van der Waals surface area contributed by atoms with E-state index in [0.29, 0.717) is 24.7 Å². The third-order valence-electron chi connectivity index (χ3n) is 3.85. The number of aromatic carboxylic acids is 1. The van der Waals surface area contributed by atoms with E-state index in [1.54, 1.807) is 11.0 Å². The van der Waals surface area contributed by atoms with E-state index in [9.17, 15) is 9.59 Å². The van der Waals surface area contributed by atoms with Gasteiger partial charge in [0.15, 0.2) is 11.5 Å². The van der Waals surface area contributed by atoms with Gasteiger partial charge in [0.05, 0.1) is 18.7 Å². The van der Waals surface area contributed by atoms with Crippen molar-refractivity contribution in [1.29, 1.82) is 0 Å². The molecule has 2 rings (SSSR count). The topological polar surface area (TPSA) is 85.3 Å². The first kappa shape index (κ1) is 18.9. The molecule has 1 amide bonds. The Morgan fingerprint density at radius 3 is 2.60 bits per heavy atom. The second kappa shape index (κ2) is 7.63. The normalized spacial score (nSPS) is 17.3. The summed E-state index contributed by atoms with van der Waals surface area (Å²) in [4.78, 5) is 25.0. The molecule has 0 aromatic heterocycles. The molecule has 0 aliphatic carbocycles. The summed E-state index contributed by atoms with van der Waals surface area (Å²) in [7, 11) is 1.45. The number of carbonyl (C=O) groups is 2. The number of benzene rings is 1.